The van der Waals surface area contributed by atoms with Crippen molar-refractivity contribution in [3.05, 3.63) is 73.4 Å². The number of carbonyl (C=O) groups excluding carboxylic acids is 3. The van der Waals surface area contributed by atoms with E-state index in [1.54, 1.807) is 35.9 Å². The second-order valence-electron chi connectivity index (χ2n) is 21.1. The Morgan fingerprint density at radius 1 is 0.658 bits per heavy atom. The summed E-state index contributed by atoms with van der Waals surface area (Å²) in [6, 6.07) is 0. The number of carboxylic acids is 1. The zero-order chi connectivity index (χ0) is 52.5. The highest BCUT2D eigenvalue weighted by Gasteiger charge is 2.30. The van der Waals surface area contributed by atoms with Crippen LogP contribution >= 0.6 is 46.2 Å². The van der Waals surface area contributed by atoms with Gasteiger partial charge in [0.1, 0.15) is 11.5 Å². The first-order valence-corrected chi connectivity index (χ1v) is 29.1. The number of carbonyl (C=O) groups is 4. The summed E-state index contributed by atoms with van der Waals surface area (Å²) in [5.74, 6) is 5.25. The van der Waals surface area contributed by atoms with Crippen molar-refractivity contribution in [2.75, 3.05) is 76.1 Å². The standard InChI is InChI=1S/C26H37N5O3S2.C23H35N5O2S2.C3H4O2/c1-5-22(32)31-12-6-18(7-13-31)16-30-10-8-19(9-11-30)24(33)29-25-28-15-23(36-25)35-17-21-27-14-20(34-21)26(2,3)4;1-23(2,3)18-12-25-19(30-18)15-31-20-13-26-22(32-20)27-21(29)17-6-10-28(11-7-17)14-16-4-8-24-9-5-16;1-2-3(4)5/h5,14-15,18-19H,1,6-13,16-17H2,2-4H3,(H,28,29,33);12-13,16-17,24H,4-11,14-15H2,1-3H3,(H,26,27,29);2H,1H2,(H,4,5). The highest BCUT2D eigenvalue weighted by atomic mass is 32.2. The summed E-state index contributed by atoms with van der Waals surface area (Å²) in [6.07, 6.45) is 17.7. The van der Waals surface area contributed by atoms with Crippen LogP contribution < -0.4 is 16.0 Å². The van der Waals surface area contributed by atoms with Gasteiger partial charge >= 0.3 is 5.97 Å². The molecule has 8 rings (SSSR count). The maximum atomic E-state index is 12.8. The number of anilines is 2. The van der Waals surface area contributed by atoms with Crippen LogP contribution in [0.15, 0.2) is 67.3 Å². The van der Waals surface area contributed by atoms with Crippen molar-refractivity contribution >= 4 is 80.2 Å². The lowest BCUT2D eigenvalue weighted by atomic mass is 9.92. The first-order valence-electron chi connectivity index (χ1n) is 25.5. The Morgan fingerprint density at radius 2 is 1.07 bits per heavy atom. The number of rotatable bonds is 16. The summed E-state index contributed by atoms with van der Waals surface area (Å²) in [4.78, 5) is 71.1. The molecule has 17 nitrogen and oxygen atoms in total. The SMILES string of the molecule is C=CC(=O)N1CCC(CN2CCC(C(=O)Nc3ncc(SCc4ncc(C(C)(C)C)o4)s3)CC2)CC1.C=CC(=O)O.CC(C)(C)c1cnc(CSc2cnc(NC(=O)C3CCN(CC4CCNCC4)CC3)s2)o1. The molecule has 3 amide bonds. The molecule has 4 fully saturated rings. The van der Waals surface area contributed by atoms with Crippen LogP contribution in [0.5, 0.6) is 0 Å². The fourth-order valence-corrected chi connectivity index (χ4v) is 12.4. The first-order chi connectivity index (χ1) is 34.8. The molecule has 4 aliphatic rings. The minimum Gasteiger partial charge on any atom is -0.478 e. The molecule has 0 radical (unpaired) electrons. The molecule has 0 bridgehead atoms. The zero-order valence-electron chi connectivity index (χ0n) is 43.5. The van der Waals surface area contributed by atoms with Crippen molar-refractivity contribution in [1.82, 2.24) is 40.0 Å². The molecule has 0 atom stereocenters. The van der Waals surface area contributed by atoms with Crippen LogP contribution in [0.3, 0.4) is 0 Å². The molecule has 0 unspecified atom stereocenters. The third kappa shape index (κ3) is 19.1. The summed E-state index contributed by atoms with van der Waals surface area (Å²) in [6.45, 7) is 29.3. The number of likely N-dealkylation sites (tertiary alicyclic amines) is 3. The lowest BCUT2D eigenvalue weighted by Gasteiger charge is -2.37. The summed E-state index contributed by atoms with van der Waals surface area (Å²) < 4.78 is 13.8. The van der Waals surface area contributed by atoms with Gasteiger partial charge in [-0.05, 0) is 109 Å². The Hall–Kier alpha value is -4.38. The Morgan fingerprint density at radius 3 is 1.44 bits per heavy atom. The van der Waals surface area contributed by atoms with Gasteiger partial charge in [-0.1, -0.05) is 77.4 Å². The van der Waals surface area contributed by atoms with Gasteiger partial charge in [0.25, 0.3) is 0 Å². The van der Waals surface area contributed by atoms with Crippen LogP contribution in [0.25, 0.3) is 0 Å². The molecule has 4 N–H and O–H groups in total. The van der Waals surface area contributed by atoms with Crippen molar-refractivity contribution in [2.45, 2.75) is 124 Å². The fourth-order valence-electron chi connectivity index (χ4n) is 8.91. The van der Waals surface area contributed by atoms with Crippen molar-refractivity contribution in [1.29, 1.82) is 0 Å². The van der Waals surface area contributed by atoms with Crippen molar-refractivity contribution in [2.24, 2.45) is 23.7 Å². The number of carboxylic acid groups (broad SMARTS) is 1. The van der Waals surface area contributed by atoms with Gasteiger partial charge in [0.2, 0.25) is 29.5 Å². The Balaban J connectivity index is 0.000000219. The van der Waals surface area contributed by atoms with Gasteiger partial charge in [0.05, 0.1) is 44.7 Å². The monoisotopic (exact) mass is 1080 g/mol. The third-order valence-corrected chi connectivity index (χ3v) is 17.6. The van der Waals surface area contributed by atoms with Crippen LogP contribution in [-0.4, -0.2) is 129 Å². The number of aliphatic carboxylic acids is 1. The molecule has 4 aliphatic heterocycles. The number of thioether (sulfide) groups is 2. The maximum absolute atomic E-state index is 12.8. The molecule has 0 spiro atoms. The molecule has 400 valence electrons. The average molecular weight is 1080 g/mol. The molecule has 21 heteroatoms. The number of piperidine rings is 4. The normalized spacial score (nSPS) is 18.0. The Labute approximate surface area is 447 Å². The van der Waals surface area contributed by atoms with E-state index in [1.165, 1.54) is 48.1 Å². The summed E-state index contributed by atoms with van der Waals surface area (Å²) in [7, 11) is 0. The van der Waals surface area contributed by atoms with Crippen LogP contribution in [0.4, 0.5) is 10.3 Å². The van der Waals surface area contributed by atoms with Gasteiger partial charge < -0.3 is 44.6 Å². The number of nitrogens with zero attached hydrogens (tertiary/aromatic N) is 7. The number of amides is 3. The van der Waals surface area contributed by atoms with Crippen LogP contribution in [0.2, 0.25) is 0 Å². The topological polar surface area (TPSA) is 212 Å². The van der Waals surface area contributed by atoms with Gasteiger partial charge in [-0.2, -0.15) is 0 Å². The minimum atomic E-state index is -0.981. The molecule has 0 aromatic carbocycles. The Bertz CT molecular complexity index is 2390. The second-order valence-corrected chi connectivity index (χ2v) is 25.7. The molecule has 8 heterocycles. The third-order valence-electron chi connectivity index (χ3n) is 13.4. The van der Waals surface area contributed by atoms with E-state index >= 15 is 0 Å². The van der Waals surface area contributed by atoms with Crippen LogP contribution in [0.1, 0.15) is 116 Å². The average Bonchev–Trinajstić information content (AvgIpc) is 4.23. The first kappa shape index (κ1) is 57.9. The van der Waals surface area contributed by atoms with E-state index in [2.05, 4.69) is 100 Å². The van der Waals surface area contributed by atoms with Gasteiger partial charge in [-0.15, -0.1) is 23.5 Å². The van der Waals surface area contributed by atoms with Gasteiger partial charge in [-0.25, -0.2) is 24.7 Å². The highest BCUT2D eigenvalue weighted by molar-refractivity contribution is 8.00. The van der Waals surface area contributed by atoms with Crippen molar-refractivity contribution in [3.63, 3.8) is 0 Å². The van der Waals surface area contributed by atoms with Gasteiger partial charge in [0.15, 0.2) is 10.3 Å². The van der Waals surface area contributed by atoms with Crippen molar-refractivity contribution < 1.29 is 33.1 Å². The van der Waals surface area contributed by atoms with Crippen molar-refractivity contribution in [3.8, 4) is 0 Å². The molecule has 73 heavy (non-hydrogen) atoms. The summed E-state index contributed by atoms with van der Waals surface area (Å²) in [5, 5.41) is 18.4. The summed E-state index contributed by atoms with van der Waals surface area (Å²) >= 11 is 6.26. The zero-order valence-corrected chi connectivity index (χ0v) is 46.8. The number of nitrogens with one attached hydrogen (secondary N) is 3. The van der Waals surface area contributed by atoms with E-state index in [9.17, 15) is 19.2 Å². The number of hydrogen-bond donors (Lipinski definition) is 4. The molecular weight excluding hydrogens is 1000 g/mol. The summed E-state index contributed by atoms with van der Waals surface area (Å²) in [5.41, 5.74) is -0.0971. The minimum absolute atomic E-state index is 0.0245. The van der Waals surface area contributed by atoms with Crippen LogP contribution in [0, 0.1) is 23.7 Å². The molecule has 4 aromatic rings. The second kappa shape index (κ2) is 28.0. The van der Waals surface area contributed by atoms with E-state index in [4.69, 9.17) is 13.9 Å². The number of aromatic nitrogens is 4. The predicted molar refractivity (Wildman–Crippen MR) is 292 cm³/mol. The number of hydrogen-bond acceptors (Lipinski definition) is 17. The molecule has 4 aromatic heterocycles. The quantitative estimate of drug-likeness (QED) is 0.0608. The molecule has 4 saturated heterocycles. The lowest BCUT2D eigenvalue weighted by molar-refractivity contribution is -0.131. The fraction of sp³-hybridized carbons (Fsp3) is 0.615. The van der Waals surface area contributed by atoms with Gasteiger partial charge in [0, 0.05) is 54.9 Å². The number of oxazole rings is 2. The largest absolute Gasteiger partial charge is 0.478 e. The van der Waals surface area contributed by atoms with E-state index in [0.717, 1.165) is 135 Å². The predicted octanol–water partition coefficient (Wildman–Crippen LogP) is 9.42. The smallest absolute Gasteiger partial charge is 0.327 e. The maximum Gasteiger partial charge on any atom is 0.327 e. The lowest BCUT2D eigenvalue weighted by Crippen LogP contribution is -2.44. The molecular formula is C52H76N10O7S4. The van der Waals surface area contributed by atoms with E-state index < -0.39 is 5.97 Å². The number of thiazole rings is 2. The van der Waals surface area contributed by atoms with E-state index in [0.29, 0.717) is 33.6 Å². The molecule has 0 aliphatic carbocycles. The highest BCUT2D eigenvalue weighted by Crippen LogP contribution is 2.35. The van der Waals surface area contributed by atoms with E-state index in [-0.39, 0.29) is 40.4 Å². The van der Waals surface area contributed by atoms with E-state index in [1.807, 2.05) is 17.3 Å². The van der Waals surface area contributed by atoms with Gasteiger partial charge in [-0.3, -0.25) is 14.4 Å². The Kier molecular flexibility index (Phi) is 22.2. The molecule has 0 saturated carbocycles. The van der Waals surface area contributed by atoms with Crippen LogP contribution in [-0.2, 0) is 41.5 Å².